The number of hydrogen-bond donors (Lipinski definition) is 2. The summed E-state index contributed by atoms with van der Waals surface area (Å²) in [5, 5.41) is 19.2. The second-order valence-electron chi connectivity index (χ2n) is 5.25. The number of hydrogen-bond acceptors (Lipinski definition) is 3. The molecule has 1 aliphatic rings. The third-order valence-electron chi connectivity index (χ3n) is 3.99. The van der Waals surface area contributed by atoms with Crippen molar-refractivity contribution in [2.24, 2.45) is 5.41 Å². The van der Waals surface area contributed by atoms with Crippen LogP contribution in [0.4, 0.5) is 0 Å². The van der Waals surface area contributed by atoms with Crippen LogP contribution in [0.3, 0.4) is 0 Å². The fourth-order valence-corrected chi connectivity index (χ4v) is 2.46. The van der Waals surface area contributed by atoms with Gasteiger partial charge in [0.2, 0.25) is 0 Å². The Morgan fingerprint density at radius 1 is 1.44 bits per heavy atom. The third-order valence-corrected chi connectivity index (χ3v) is 3.99. The van der Waals surface area contributed by atoms with Crippen molar-refractivity contribution in [3.8, 4) is 0 Å². The summed E-state index contributed by atoms with van der Waals surface area (Å²) in [6.07, 6.45) is -0.818. The smallest absolute Gasteiger partial charge is 0.313 e. The highest BCUT2D eigenvalue weighted by Crippen LogP contribution is 2.35. The largest absolute Gasteiger partial charge is 0.481 e. The van der Waals surface area contributed by atoms with E-state index in [2.05, 4.69) is 0 Å². The van der Waals surface area contributed by atoms with Crippen LogP contribution in [-0.2, 0) is 4.79 Å². The molecule has 1 saturated heterocycles. The van der Waals surface area contributed by atoms with E-state index in [0.717, 1.165) is 5.56 Å². The number of aliphatic carboxylic acids is 1. The van der Waals surface area contributed by atoms with Crippen LogP contribution in [0.25, 0.3) is 0 Å². The molecular formula is C14H19NO3. The van der Waals surface area contributed by atoms with Gasteiger partial charge in [-0.05, 0) is 19.4 Å². The highest BCUT2D eigenvalue weighted by Gasteiger charge is 2.49. The molecule has 0 aliphatic carbocycles. The van der Waals surface area contributed by atoms with Crippen molar-refractivity contribution in [3.05, 3.63) is 35.9 Å². The van der Waals surface area contributed by atoms with E-state index in [-0.39, 0.29) is 6.04 Å². The summed E-state index contributed by atoms with van der Waals surface area (Å²) < 4.78 is 0. The molecule has 0 saturated carbocycles. The topological polar surface area (TPSA) is 60.8 Å². The van der Waals surface area contributed by atoms with E-state index < -0.39 is 17.5 Å². The van der Waals surface area contributed by atoms with Gasteiger partial charge in [0, 0.05) is 19.1 Å². The normalized spacial score (nSPS) is 30.3. The number of rotatable bonds is 3. The molecule has 4 nitrogen and oxygen atoms in total. The van der Waals surface area contributed by atoms with Gasteiger partial charge < -0.3 is 10.2 Å². The monoisotopic (exact) mass is 249 g/mol. The molecule has 0 amide bonds. The van der Waals surface area contributed by atoms with Crippen LogP contribution < -0.4 is 0 Å². The average molecular weight is 249 g/mol. The minimum Gasteiger partial charge on any atom is -0.481 e. The molecule has 0 radical (unpaired) electrons. The molecule has 1 aromatic carbocycles. The van der Waals surface area contributed by atoms with Gasteiger partial charge in [0.05, 0.1) is 6.10 Å². The summed E-state index contributed by atoms with van der Waals surface area (Å²) in [5.74, 6) is -0.933. The van der Waals surface area contributed by atoms with Crippen LogP contribution in [0, 0.1) is 5.41 Å². The lowest BCUT2D eigenvalue weighted by molar-refractivity contribution is -0.151. The Balaban J connectivity index is 2.16. The van der Waals surface area contributed by atoms with Crippen molar-refractivity contribution in [3.63, 3.8) is 0 Å². The van der Waals surface area contributed by atoms with Gasteiger partial charge >= 0.3 is 5.97 Å². The summed E-state index contributed by atoms with van der Waals surface area (Å²) in [5.41, 5.74) is 0.0718. The van der Waals surface area contributed by atoms with E-state index >= 15 is 0 Å². The van der Waals surface area contributed by atoms with Gasteiger partial charge in [0.15, 0.2) is 0 Å². The maximum absolute atomic E-state index is 11.3. The molecule has 0 bridgehead atoms. The van der Waals surface area contributed by atoms with Crippen LogP contribution >= 0.6 is 0 Å². The molecule has 2 rings (SSSR count). The first-order valence-electron chi connectivity index (χ1n) is 6.15. The third kappa shape index (κ3) is 2.13. The Morgan fingerprint density at radius 2 is 2.06 bits per heavy atom. The molecule has 0 aromatic heterocycles. The number of likely N-dealkylation sites (tertiary alicyclic amines) is 1. The van der Waals surface area contributed by atoms with Crippen molar-refractivity contribution < 1.29 is 15.0 Å². The Bertz CT molecular complexity index is 434. The minimum atomic E-state index is -1.07. The van der Waals surface area contributed by atoms with Crippen LogP contribution in [0.5, 0.6) is 0 Å². The molecule has 98 valence electrons. The van der Waals surface area contributed by atoms with E-state index in [0.29, 0.717) is 13.1 Å². The molecule has 18 heavy (non-hydrogen) atoms. The van der Waals surface area contributed by atoms with E-state index in [1.807, 2.05) is 42.2 Å². The lowest BCUT2D eigenvalue weighted by Gasteiger charge is -2.26. The van der Waals surface area contributed by atoms with Crippen LogP contribution in [0.15, 0.2) is 30.3 Å². The summed E-state index contributed by atoms with van der Waals surface area (Å²) in [4.78, 5) is 13.3. The lowest BCUT2D eigenvalue weighted by Crippen LogP contribution is -2.39. The predicted octanol–water partition coefficient (Wildman–Crippen LogP) is 1.51. The number of aliphatic hydroxyl groups excluding tert-OH is 1. The second-order valence-corrected chi connectivity index (χ2v) is 5.25. The SMILES string of the molecule is C[C@H](c1ccccc1)N1CC(O)[C@@](C)(C(=O)O)C1. The van der Waals surface area contributed by atoms with Crippen molar-refractivity contribution >= 4 is 5.97 Å². The van der Waals surface area contributed by atoms with E-state index in [4.69, 9.17) is 0 Å². The summed E-state index contributed by atoms with van der Waals surface area (Å²) in [7, 11) is 0. The van der Waals surface area contributed by atoms with Crippen molar-refractivity contribution in [2.45, 2.75) is 26.0 Å². The fraction of sp³-hybridized carbons (Fsp3) is 0.500. The number of aliphatic hydroxyl groups is 1. The lowest BCUT2D eigenvalue weighted by atomic mass is 9.87. The first-order chi connectivity index (χ1) is 8.45. The van der Waals surface area contributed by atoms with Gasteiger partial charge in [0.25, 0.3) is 0 Å². The number of β-amino-alcohol motifs (C(OH)–C–C–N with tert-alkyl or cyclic N) is 1. The van der Waals surface area contributed by atoms with Crippen molar-refractivity contribution in [1.82, 2.24) is 4.90 Å². The Labute approximate surface area is 107 Å². The Hall–Kier alpha value is -1.39. The number of carbonyl (C=O) groups is 1. The summed E-state index contributed by atoms with van der Waals surface area (Å²) in [6.45, 7) is 4.42. The summed E-state index contributed by atoms with van der Waals surface area (Å²) >= 11 is 0. The molecule has 1 aliphatic heterocycles. The molecule has 1 fully saturated rings. The maximum atomic E-state index is 11.3. The summed E-state index contributed by atoms with van der Waals surface area (Å²) in [6, 6.07) is 10.0. The van der Waals surface area contributed by atoms with E-state index in [1.54, 1.807) is 6.92 Å². The number of carboxylic acid groups (broad SMARTS) is 1. The quantitative estimate of drug-likeness (QED) is 0.852. The number of nitrogens with zero attached hydrogens (tertiary/aromatic N) is 1. The first kappa shape index (κ1) is 13.1. The van der Waals surface area contributed by atoms with E-state index in [9.17, 15) is 15.0 Å². The average Bonchev–Trinajstić information content (AvgIpc) is 2.67. The van der Waals surface area contributed by atoms with Gasteiger partial charge in [-0.15, -0.1) is 0 Å². The van der Waals surface area contributed by atoms with Gasteiger partial charge in [0.1, 0.15) is 5.41 Å². The Kier molecular flexibility index (Phi) is 3.41. The molecule has 1 heterocycles. The minimum absolute atomic E-state index is 0.113. The standard InChI is InChI=1S/C14H19NO3/c1-10(11-6-4-3-5-7-11)15-8-12(16)14(2,9-15)13(17)18/h3-7,10,12,16H,8-9H2,1-2H3,(H,17,18)/t10-,12?,14+/m1/s1. The molecule has 4 heteroatoms. The maximum Gasteiger partial charge on any atom is 0.313 e. The number of benzene rings is 1. The molecule has 3 atom stereocenters. The zero-order valence-electron chi connectivity index (χ0n) is 10.7. The van der Waals surface area contributed by atoms with Crippen molar-refractivity contribution in [1.29, 1.82) is 0 Å². The second kappa shape index (κ2) is 4.71. The van der Waals surface area contributed by atoms with Crippen LogP contribution in [-0.4, -0.2) is 40.3 Å². The first-order valence-corrected chi connectivity index (χ1v) is 6.15. The van der Waals surface area contributed by atoms with Crippen molar-refractivity contribution in [2.75, 3.05) is 13.1 Å². The van der Waals surface area contributed by atoms with Crippen LogP contribution in [0.1, 0.15) is 25.5 Å². The van der Waals surface area contributed by atoms with E-state index in [1.165, 1.54) is 0 Å². The van der Waals surface area contributed by atoms with Crippen LogP contribution in [0.2, 0.25) is 0 Å². The fourth-order valence-electron chi connectivity index (χ4n) is 2.46. The van der Waals surface area contributed by atoms with Gasteiger partial charge in [-0.1, -0.05) is 30.3 Å². The molecule has 1 unspecified atom stereocenters. The number of carboxylic acids is 1. The van der Waals surface area contributed by atoms with Gasteiger partial charge in [-0.2, -0.15) is 0 Å². The zero-order chi connectivity index (χ0) is 13.3. The molecule has 2 N–H and O–H groups in total. The molecule has 0 spiro atoms. The van der Waals surface area contributed by atoms with Gasteiger partial charge in [-0.3, -0.25) is 9.69 Å². The molecular weight excluding hydrogens is 230 g/mol. The predicted molar refractivity (Wildman–Crippen MR) is 68.2 cm³/mol. The zero-order valence-corrected chi connectivity index (χ0v) is 10.7. The highest BCUT2D eigenvalue weighted by atomic mass is 16.4. The Morgan fingerprint density at radius 3 is 2.56 bits per heavy atom. The highest BCUT2D eigenvalue weighted by molar-refractivity contribution is 5.75. The van der Waals surface area contributed by atoms with Gasteiger partial charge in [-0.25, -0.2) is 0 Å². The molecule has 1 aromatic rings.